The molecule has 11 nitrogen and oxygen atoms in total. The van der Waals surface area contributed by atoms with E-state index in [4.69, 9.17) is 38.9 Å². The molecule has 1 aliphatic heterocycles. The summed E-state index contributed by atoms with van der Waals surface area (Å²) in [4.78, 5) is 13.1. The lowest BCUT2D eigenvalue weighted by Gasteiger charge is -2.20. The minimum absolute atomic E-state index is 0.0673. The van der Waals surface area contributed by atoms with Crippen molar-refractivity contribution >= 4 is 18.5 Å². The van der Waals surface area contributed by atoms with Gasteiger partial charge in [-0.05, 0) is 6.92 Å². The van der Waals surface area contributed by atoms with Crippen LogP contribution in [0, 0.1) is 0 Å². The van der Waals surface area contributed by atoms with E-state index in [1.807, 2.05) is 6.92 Å². The summed E-state index contributed by atoms with van der Waals surface area (Å²) in [7, 11) is 0. The molecule has 1 saturated heterocycles. The lowest BCUT2D eigenvalue weighted by molar-refractivity contribution is -0.134. The fourth-order valence-electron chi connectivity index (χ4n) is 2.99. The van der Waals surface area contributed by atoms with E-state index >= 15 is 0 Å². The van der Waals surface area contributed by atoms with Crippen LogP contribution in [0.5, 0.6) is 0 Å². The van der Waals surface area contributed by atoms with Crippen molar-refractivity contribution in [2.75, 3.05) is 85.8 Å². The Morgan fingerprint density at radius 2 is 1.37 bits per heavy atom. The quantitative estimate of drug-likeness (QED) is 0.0696. The summed E-state index contributed by atoms with van der Waals surface area (Å²) in [5.41, 5.74) is 5.82. The molecule has 4 atom stereocenters. The van der Waals surface area contributed by atoms with Crippen molar-refractivity contribution in [1.29, 1.82) is 0 Å². The van der Waals surface area contributed by atoms with Gasteiger partial charge >= 0.3 is 0 Å². The molecule has 12 heteroatoms. The van der Waals surface area contributed by atoms with E-state index in [9.17, 15) is 9.90 Å². The van der Waals surface area contributed by atoms with Crippen LogP contribution in [0.15, 0.2) is 12.7 Å². The second-order valence-electron chi connectivity index (χ2n) is 7.84. The van der Waals surface area contributed by atoms with Gasteiger partial charge in [-0.2, -0.15) is 12.6 Å². The Labute approximate surface area is 214 Å². The van der Waals surface area contributed by atoms with E-state index in [1.54, 1.807) is 6.08 Å². The Morgan fingerprint density at radius 3 is 1.77 bits per heavy atom. The van der Waals surface area contributed by atoms with Gasteiger partial charge in [0.05, 0.1) is 90.6 Å². The average Bonchev–Trinajstić information content (AvgIpc) is 3.08. The van der Waals surface area contributed by atoms with E-state index in [0.717, 1.165) is 0 Å². The number of carbonyl (C=O) groups is 1. The first kappa shape index (κ1) is 32.2. The molecule has 4 unspecified atom stereocenters. The van der Waals surface area contributed by atoms with Gasteiger partial charge in [0.1, 0.15) is 12.5 Å². The number of nitrogens with zero attached hydrogens (tertiary/aromatic N) is 1. The number of ether oxygens (including phenoxy) is 7. The summed E-state index contributed by atoms with van der Waals surface area (Å²) in [5, 5.41) is 9.33. The first-order valence-electron chi connectivity index (χ1n) is 12.1. The number of carbonyl (C=O) groups excluding carboxylic acids is 1. The maximum atomic E-state index is 11.8. The molecule has 1 heterocycles. The van der Waals surface area contributed by atoms with E-state index in [2.05, 4.69) is 19.2 Å². The monoisotopic (exact) mass is 524 g/mol. The van der Waals surface area contributed by atoms with Gasteiger partial charge in [-0.15, -0.1) is 6.58 Å². The lowest BCUT2D eigenvalue weighted by atomic mass is 10.3. The summed E-state index contributed by atoms with van der Waals surface area (Å²) >= 11 is 4.13. The molecule has 0 spiro atoms. The van der Waals surface area contributed by atoms with Gasteiger partial charge in [0.15, 0.2) is 0 Å². The third-order valence-electron chi connectivity index (χ3n) is 4.97. The number of hydrogen-bond acceptors (Lipinski definition) is 11. The van der Waals surface area contributed by atoms with Crippen LogP contribution in [0.3, 0.4) is 0 Å². The first-order chi connectivity index (χ1) is 17.0. The first-order valence-corrected chi connectivity index (χ1v) is 12.6. The molecule has 3 N–H and O–H groups in total. The van der Waals surface area contributed by atoms with Gasteiger partial charge in [-0.1, -0.05) is 6.08 Å². The third kappa shape index (κ3) is 16.5. The molecule has 0 aromatic heterocycles. The molecule has 206 valence electrons. The van der Waals surface area contributed by atoms with Crippen molar-refractivity contribution in [3.05, 3.63) is 12.7 Å². The molecule has 0 radical (unpaired) electrons. The van der Waals surface area contributed by atoms with E-state index < -0.39 is 11.5 Å². The van der Waals surface area contributed by atoms with Crippen molar-refractivity contribution in [2.24, 2.45) is 5.73 Å². The Balaban J connectivity index is 1.73. The SMILES string of the molecule is C=CC(C)OC(N)CCOCCOCCOCCOCCOCCOCCN1C(=O)C(S)CC1O. The van der Waals surface area contributed by atoms with Crippen LogP contribution in [-0.2, 0) is 38.0 Å². The van der Waals surface area contributed by atoms with Crippen LogP contribution in [0.4, 0.5) is 0 Å². The fraction of sp³-hybridized carbons (Fsp3) is 0.870. The summed E-state index contributed by atoms with van der Waals surface area (Å²) in [5.74, 6) is -0.155. The van der Waals surface area contributed by atoms with Crippen molar-refractivity contribution in [2.45, 2.75) is 43.6 Å². The van der Waals surface area contributed by atoms with E-state index in [1.165, 1.54) is 4.90 Å². The number of likely N-dealkylation sites (tertiary alicyclic amines) is 1. The number of nitrogens with two attached hydrogens (primary N) is 1. The minimum Gasteiger partial charge on any atom is -0.379 e. The Bertz CT molecular complexity index is 547. The number of amides is 1. The fourth-order valence-corrected chi connectivity index (χ4v) is 3.33. The van der Waals surface area contributed by atoms with Gasteiger partial charge in [-0.25, -0.2) is 0 Å². The Hall–Kier alpha value is -0.800. The summed E-state index contributed by atoms with van der Waals surface area (Å²) in [6.45, 7) is 11.4. The maximum absolute atomic E-state index is 11.8. The van der Waals surface area contributed by atoms with Gasteiger partial charge in [0.25, 0.3) is 0 Å². The average molecular weight is 525 g/mol. The molecule has 1 rings (SSSR count). The van der Waals surface area contributed by atoms with Crippen LogP contribution in [0.2, 0.25) is 0 Å². The van der Waals surface area contributed by atoms with Crippen LogP contribution in [0.1, 0.15) is 19.8 Å². The minimum atomic E-state index is -0.772. The molecule has 0 aromatic carbocycles. The van der Waals surface area contributed by atoms with Crippen molar-refractivity contribution in [3.63, 3.8) is 0 Å². The highest BCUT2D eigenvalue weighted by Crippen LogP contribution is 2.20. The lowest BCUT2D eigenvalue weighted by Crippen LogP contribution is -2.36. The van der Waals surface area contributed by atoms with Gasteiger partial charge in [-0.3, -0.25) is 4.79 Å². The van der Waals surface area contributed by atoms with Crippen molar-refractivity contribution in [3.8, 4) is 0 Å². The number of rotatable bonds is 24. The second-order valence-corrected chi connectivity index (χ2v) is 8.47. The molecule has 35 heavy (non-hydrogen) atoms. The van der Waals surface area contributed by atoms with Gasteiger partial charge in [0.2, 0.25) is 5.91 Å². The van der Waals surface area contributed by atoms with E-state index in [0.29, 0.717) is 98.7 Å². The molecule has 1 aliphatic rings. The van der Waals surface area contributed by atoms with Crippen LogP contribution < -0.4 is 5.73 Å². The molecule has 1 amide bonds. The zero-order valence-electron chi connectivity index (χ0n) is 20.9. The van der Waals surface area contributed by atoms with Crippen LogP contribution >= 0.6 is 12.6 Å². The third-order valence-corrected chi connectivity index (χ3v) is 5.40. The molecular weight excluding hydrogens is 480 g/mol. The number of hydrogen-bond donors (Lipinski definition) is 3. The zero-order valence-corrected chi connectivity index (χ0v) is 21.8. The summed E-state index contributed by atoms with van der Waals surface area (Å²) in [6.07, 6.45) is 1.47. The molecule has 0 aliphatic carbocycles. The number of aliphatic hydroxyl groups excluding tert-OH is 1. The highest BCUT2D eigenvalue weighted by atomic mass is 32.1. The summed E-state index contributed by atoms with van der Waals surface area (Å²) < 4.78 is 38.0. The normalized spacial score (nSPS) is 19.9. The highest BCUT2D eigenvalue weighted by Gasteiger charge is 2.35. The molecule has 0 bridgehead atoms. The maximum Gasteiger partial charge on any atom is 0.237 e. The largest absolute Gasteiger partial charge is 0.379 e. The van der Waals surface area contributed by atoms with Crippen LogP contribution in [0.25, 0.3) is 0 Å². The Kier molecular flexibility index (Phi) is 19.6. The van der Waals surface area contributed by atoms with Crippen molar-refractivity contribution < 1.29 is 43.1 Å². The van der Waals surface area contributed by atoms with Crippen LogP contribution in [-0.4, -0.2) is 126 Å². The molecule has 0 saturated carbocycles. The Morgan fingerprint density at radius 1 is 0.943 bits per heavy atom. The number of aliphatic hydroxyl groups is 1. The number of thiol groups is 1. The molecule has 0 aromatic rings. The topological polar surface area (TPSA) is 131 Å². The highest BCUT2D eigenvalue weighted by molar-refractivity contribution is 7.81. The molecular formula is C23H44N2O9S. The van der Waals surface area contributed by atoms with Gasteiger partial charge < -0.3 is 48.9 Å². The van der Waals surface area contributed by atoms with E-state index in [-0.39, 0.29) is 18.2 Å². The second kappa shape index (κ2) is 21.3. The predicted octanol–water partition coefficient (Wildman–Crippen LogP) is 0.201. The van der Waals surface area contributed by atoms with Crippen molar-refractivity contribution in [1.82, 2.24) is 4.90 Å². The zero-order chi connectivity index (χ0) is 25.7. The standard InChI is InChI=1S/C23H44N2O9S/c1-3-19(2)34-21(24)4-6-28-8-10-30-12-14-32-16-17-33-15-13-31-11-9-29-7-5-25-22(26)18-20(35)23(25)27/h3,19-22,26,35H,1,4-18,24H2,2H3. The molecule has 1 fully saturated rings. The van der Waals surface area contributed by atoms with Gasteiger partial charge in [0, 0.05) is 19.4 Å². The predicted molar refractivity (Wildman–Crippen MR) is 133 cm³/mol. The summed E-state index contributed by atoms with van der Waals surface area (Å²) in [6, 6.07) is 0. The smallest absolute Gasteiger partial charge is 0.237 e.